The predicted octanol–water partition coefficient (Wildman–Crippen LogP) is 11.5. The third-order valence-corrected chi connectivity index (χ3v) is 9.89. The summed E-state index contributed by atoms with van der Waals surface area (Å²) < 4.78 is 16.2. The van der Waals surface area contributed by atoms with Crippen LogP contribution in [-0.2, 0) is 8.85 Å². The van der Waals surface area contributed by atoms with Gasteiger partial charge < -0.3 is 8.85 Å². The van der Waals surface area contributed by atoms with Crippen molar-refractivity contribution in [3.8, 4) is 0 Å². The molecule has 0 saturated carbocycles. The van der Waals surface area contributed by atoms with Crippen LogP contribution in [0.4, 0.5) is 11.4 Å². The van der Waals surface area contributed by atoms with Crippen LogP contribution in [0.25, 0.3) is 0 Å². The van der Waals surface area contributed by atoms with Crippen molar-refractivity contribution in [2.75, 3.05) is 13.2 Å². The Morgan fingerprint density at radius 1 is 0.605 bits per heavy atom. The molecule has 210 valence electrons. The molecular formula is C28H40Br4N2O2Si2. The number of aryl methyl sites for hydroxylation is 2. The summed E-state index contributed by atoms with van der Waals surface area (Å²) >= 11 is 15.0. The molecule has 2 aromatic carbocycles. The standard InChI is InChI=1S/C28H40Br4N2O2Si2/c1-19-15-21(29)27(22(30)16-19)33-25(11-9-13-35-37(3,4)5)26(12-10-14-36-38(6,7)8)34-28-23(31)17-20(2)18-24(28)32/h15-18H,9-14H2,1-8H3. The average Bonchev–Trinajstić information content (AvgIpc) is 2.74. The molecule has 0 radical (unpaired) electrons. The number of nitrogens with zero attached hydrogens (tertiary/aromatic N) is 2. The van der Waals surface area contributed by atoms with Crippen molar-refractivity contribution in [1.82, 2.24) is 0 Å². The minimum absolute atomic E-state index is 0.717. The maximum absolute atomic E-state index is 6.17. The van der Waals surface area contributed by atoms with Crippen LogP contribution in [0.3, 0.4) is 0 Å². The minimum Gasteiger partial charge on any atom is -0.418 e. The first kappa shape index (κ1) is 34.3. The van der Waals surface area contributed by atoms with Crippen LogP contribution >= 0.6 is 63.7 Å². The summed E-state index contributed by atoms with van der Waals surface area (Å²) in [6, 6.07) is 8.39. The Balaban J connectivity index is 2.57. The Bertz CT molecular complexity index is 1030. The molecule has 4 nitrogen and oxygen atoms in total. The molecule has 0 saturated heterocycles. The fraction of sp³-hybridized carbons (Fsp3) is 0.500. The number of benzene rings is 2. The summed E-state index contributed by atoms with van der Waals surface area (Å²) in [5.74, 6) is 0. The molecule has 2 rings (SSSR count). The highest BCUT2D eigenvalue weighted by molar-refractivity contribution is 9.11. The monoisotopic (exact) mass is 808 g/mol. The van der Waals surface area contributed by atoms with E-state index in [1.165, 1.54) is 0 Å². The van der Waals surface area contributed by atoms with Crippen molar-refractivity contribution in [2.24, 2.45) is 9.98 Å². The van der Waals surface area contributed by atoms with E-state index < -0.39 is 16.6 Å². The Labute approximate surface area is 265 Å². The minimum atomic E-state index is -1.59. The van der Waals surface area contributed by atoms with Gasteiger partial charge in [0.05, 0.1) is 22.8 Å². The third-order valence-electron chi connectivity index (χ3n) is 5.34. The molecule has 2 aromatic rings. The number of aliphatic imine (C=N–C) groups is 2. The molecule has 0 N–H and O–H groups in total. The molecular weight excluding hydrogens is 772 g/mol. The zero-order valence-electron chi connectivity index (χ0n) is 23.8. The van der Waals surface area contributed by atoms with E-state index >= 15 is 0 Å². The van der Waals surface area contributed by atoms with E-state index in [-0.39, 0.29) is 0 Å². The second-order valence-electron chi connectivity index (χ2n) is 11.4. The lowest BCUT2D eigenvalue weighted by Gasteiger charge is -2.19. The van der Waals surface area contributed by atoms with Crippen LogP contribution in [0, 0.1) is 13.8 Å². The molecule has 38 heavy (non-hydrogen) atoms. The van der Waals surface area contributed by atoms with Gasteiger partial charge in [0.25, 0.3) is 0 Å². The van der Waals surface area contributed by atoms with Crippen LogP contribution in [0.1, 0.15) is 36.8 Å². The molecule has 0 amide bonds. The highest BCUT2D eigenvalue weighted by Crippen LogP contribution is 2.37. The van der Waals surface area contributed by atoms with Crippen molar-refractivity contribution in [1.29, 1.82) is 0 Å². The van der Waals surface area contributed by atoms with Gasteiger partial charge in [-0.1, -0.05) is 0 Å². The van der Waals surface area contributed by atoms with Gasteiger partial charge in [0.15, 0.2) is 16.6 Å². The first-order valence-electron chi connectivity index (χ1n) is 12.9. The largest absolute Gasteiger partial charge is 0.418 e. The van der Waals surface area contributed by atoms with Crippen molar-refractivity contribution in [3.63, 3.8) is 0 Å². The van der Waals surface area contributed by atoms with Gasteiger partial charge in [-0.15, -0.1) is 0 Å². The van der Waals surface area contributed by atoms with E-state index in [4.69, 9.17) is 18.8 Å². The summed E-state index contributed by atoms with van der Waals surface area (Å²) in [5, 5.41) is 0. The topological polar surface area (TPSA) is 43.2 Å². The summed E-state index contributed by atoms with van der Waals surface area (Å²) in [5.41, 5.74) is 6.04. The highest BCUT2D eigenvalue weighted by atomic mass is 79.9. The Hall–Kier alpha value is 0.0538. The molecule has 0 unspecified atom stereocenters. The average molecular weight is 812 g/mol. The van der Waals surface area contributed by atoms with E-state index in [0.29, 0.717) is 0 Å². The van der Waals surface area contributed by atoms with Gasteiger partial charge in [0.2, 0.25) is 0 Å². The normalized spacial score (nSPS) is 13.4. The molecule has 0 heterocycles. The molecule has 0 spiro atoms. The lowest BCUT2D eigenvalue weighted by atomic mass is 10.0. The third kappa shape index (κ3) is 12.3. The zero-order chi connectivity index (χ0) is 28.7. The number of hydrogen-bond acceptors (Lipinski definition) is 4. The van der Waals surface area contributed by atoms with E-state index in [1.54, 1.807) is 0 Å². The van der Waals surface area contributed by atoms with Crippen LogP contribution in [0.2, 0.25) is 39.3 Å². The summed E-state index contributed by atoms with van der Waals surface area (Å²) in [7, 11) is -3.18. The fourth-order valence-electron chi connectivity index (χ4n) is 3.63. The smallest absolute Gasteiger partial charge is 0.183 e. The fourth-order valence-corrected chi connectivity index (χ4v) is 8.33. The maximum Gasteiger partial charge on any atom is 0.183 e. The first-order chi connectivity index (χ1) is 17.6. The van der Waals surface area contributed by atoms with Gasteiger partial charge in [-0.3, -0.25) is 0 Å². The van der Waals surface area contributed by atoms with Gasteiger partial charge in [-0.2, -0.15) is 0 Å². The Kier molecular flexibility index (Phi) is 13.8. The van der Waals surface area contributed by atoms with Crippen LogP contribution in [0.5, 0.6) is 0 Å². The Morgan fingerprint density at radius 2 is 0.895 bits per heavy atom. The number of halogens is 4. The van der Waals surface area contributed by atoms with Gasteiger partial charge in [-0.05, 0) is 178 Å². The van der Waals surface area contributed by atoms with Gasteiger partial charge in [0.1, 0.15) is 0 Å². The maximum atomic E-state index is 6.17. The second-order valence-corrected chi connectivity index (χ2v) is 23.8. The van der Waals surface area contributed by atoms with Crippen molar-refractivity contribution in [3.05, 3.63) is 53.3 Å². The van der Waals surface area contributed by atoms with Crippen LogP contribution in [0.15, 0.2) is 52.1 Å². The number of hydrogen-bond donors (Lipinski definition) is 0. The summed E-state index contributed by atoms with van der Waals surface area (Å²) in [6.45, 7) is 18.9. The quantitative estimate of drug-likeness (QED) is 0.115. The lowest BCUT2D eigenvalue weighted by Crippen LogP contribution is -2.27. The molecule has 0 aliphatic rings. The van der Waals surface area contributed by atoms with E-state index in [2.05, 4.69) is 141 Å². The molecule has 0 fully saturated rings. The van der Waals surface area contributed by atoms with Gasteiger partial charge in [-0.25, -0.2) is 9.98 Å². The molecule has 10 heteroatoms. The summed E-state index contributed by atoms with van der Waals surface area (Å²) in [6.07, 6.45) is 3.30. The molecule has 0 atom stereocenters. The van der Waals surface area contributed by atoms with Gasteiger partial charge >= 0.3 is 0 Å². The van der Waals surface area contributed by atoms with E-state index in [1.807, 2.05) is 0 Å². The zero-order valence-corrected chi connectivity index (χ0v) is 32.1. The SMILES string of the molecule is Cc1cc(Br)c(N=C(CCCO[Si](C)(C)C)C(CCCO[Si](C)(C)C)=Nc2c(Br)cc(C)cc2Br)c(Br)c1. The molecule has 0 aliphatic carbocycles. The van der Waals surface area contributed by atoms with Crippen LogP contribution in [-0.4, -0.2) is 41.3 Å². The Morgan fingerprint density at radius 3 is 1.16 bits per heavy atom. The van der Waals surface area contributed by atoms with Gasteiger partial charge in [0, 0.05) is 31.1 Å². The summed E-state index contributed by atoms with van der Waals surface area (Å²) in [4.78, 5) is 10.4. The predicted molar refractivity (Wildman–Crippen MR) is 184 cm³/mol. The molecule has 0 aromatic heterocycles. The highest BCUT2D eigenvalue weighted by Gasteiger charge is 2.19. The molecule has 0 bridgehead atoms. The van der Waals surface area contributed by atoms with E-state index in [9.17, 15) is 0 Å². The van der Waals surface area contributed by atoms with Crippen molar-refractivity contribution in [2.45, 2.75) is 78.8 Å². The lowest BCUT2D eigenvalue weighted by molar-refractivity contribution is 0.306. The van der Waals surface area contributed by atoms with Crippen LogP contribution < -0.4 is 0 Å². The number of rotatable bonds is 13. The molecule has 0 aliphatic heterocycles. The second kappa shape index (κ2) is 15.3. The van der Waals surface area contributed by atoms with Crippen molar-refractivity contribution >= 4 is 103 Å². The van der Waals surface area contributed by atoms with Crippen molar-refractivity contribution < 1.29 is 8.85 Å². The van der Waals surface area contributed by atoms with E-state index in [0.717, 1.165) is 90.7 Å². The first-order valence-corrected chi connectivity index (χ1v) is 22.9.